The second-order valence-corrected chi connectivity index (χ2v) is 7.45. The molecule has 1 saturated heterocycles. The molecular weight excluding hydrogens is 384 g/mol. The summed E-state index contributed by atoms with van der Waals surface area (Å²) in [5.74, 6) is 0.588. The smallest absolute Gasteiger partial charge is 0.328 e. The molecule has 1 aliphatic rings. The van der Waals surface area contributed by atoms with Crippen molar-refractivity contribution in [1.29, 1.82) is 0 Å². The molecule has 5 rings (SSSR count). The molecule has 30 heavy (non-hydrogen) atoms. The molecule has 1 unspecified atom stereocenters. The van der Waals surface area contributed by atoms with E-state index in [1.54, 1.807) is 25.3 Å². The zero-order chi connectivity index (χ0) is 20.7. The summed E-state index contributed by atoms with van der Waals surface area (Å²) in [5.41, 5.74) is 8.32. The lowest BCUT2D eigenvalue weighted by Gasteiger charge is -2.14. The van der Waals surface area contributed by atoms with Crippen molar-refractivity contribution in [2.45, 2.75) is 19.1 Å². The van der Waals surface area contributed by atoms with Gasteiger partial charge < -0.3 is 14.7 Å². The third kappa shape index (κ3) is 3.28. The summed E-state index contributed by atoms with van der Waals surface area (Å²) in [6.45, 7) is 1.59. The third-order valence-corrected chi connectivity index (χ3v) is 5.50. The third-order valence-electron chi connectivity index (χ3n) is 5.50. The molecule has 3 heterocycles. The molecule has 1 aliphatic heterocycles. The van der Waals surface area contributed by atoms with Crippen molar-refractivity contribution in [3.63, 3.8) is 0 Å². The minimum Gasteiger partial charge on any atom is -0.497 e. The Morgan fingerprint density at radius 3 is 2.83 bits per heavy atom. The lowest BCUT2D eigenvalue weighted by Crippen LogP contribution is -2.43. The summed E-state index contributed by atoms with van der Waals surface area (Å²) in [6, 6.07) is 13.1. The standard InChI is InChI=1S/C21H22N6O3/c1-30-15-6-7-17-19(8-15)23-21(29)27(20(17)28)12-14-11-26(25-24-14)10-13-9-22-18-5-3-2-4-16(13)18/h2-9,14,22,24-25H,10-12H2,1H3,(H,23,29). The lowest BCUT2D eigenvalue weighted by atomic mass is 10.1. The van der Waals surface area contributed by atoms with Crippen LogP contribution in [0.2, 0.25) is 0 Å². The minimum atomic E-state index is -0.433. The number of hydrogen-bond donors (Lipinski definition) is 4. The van der Waals surface area contributed by atoms with Gasteiger partial charge in [0.15, 0.2) is 0 Å². The summed E-state index contributed by atoms with van der Waals surface area (Å²) in [4.78, 5) is 31.4. The van der Waals surface area contributed by atoms with Crippen LogP contribution in [0.15, 0.2) is 58.3 Å². The van der Waals surface area contributed by atoms with Crippen LogP contribution in [0, 0.1) is 0 Å². The molecule has 0 spiro atoms. The summed E-state index contributed by atoms with van der Waals surface area (Å²) in [7, 11) is 1.54. The van der Waals surface area contributed by atoms with E-state index in [1.165, 1.54) is 15.5 Å². The van der Waals surface area contributed by atoms with E-state index in [4.69, 9.17) is 4.74 Å². The van der Waals surface area contributed by atoms with Gasteiger partial charge in [0.1, 0.15) is 5.75 Å². The molecule has 0 aliphatic carbocycles. The molecule has 1 fully saturated rings. The Kier molecular flexibility index (Phi) is 4.62. The van der Waals surface area contributed by atoms with Gasteiger partial charge in [0, 0.05) is 42.8 Å². The molecule has 154 valence electrons. The number of methoxy groups -OCH3 is 1. The monoisotopic (exact) mass is 406 g/mol. The number of fused-ring (bicyclic) bond motifs is 2. The van der Waals surface area contributed by atoms with Crippen LogP contribution < -0.4 is 26.9 Å². The fraction of sp³-hybridized carbons (Fsp3) is 0.238. The number of hydrazine groups is 2. The maximum Gasteiger partial charge on any atom is 0.328 e. The number of aromatic nitrogens is 3. The van der Waals surface area contributed by atoms with E-state index in [9.17, 15) is 9.59 Å². The van der Waals surface area contributed by atoms with Gasteiger partial charge in [0.2, 0.25) is 0 Å². The molecule has 4 N–H and O–H groups in total. The molecule has 0 amide bonds. The molecule has 9 heteroatoms. The molecule has 2 aromatic heterocycles. The molecule has 0 radical (unpaired) electrons. The molecular formula is C21H22N6O3. The van der Waals surface area contributed by atoms with E-state index in [1.807, 2.05) is 29.4 Å². The first-order chi connectivity index (χ1) is 14.6. The largest absolute Gasteiger partial charge is 0.497 e. The number of nitrogens with zero attached hydrogens (tertiary/aromatic N) is 2. The maximum absolute atomic E-state index is 12.9. The first kappa shape index (κ1) is 18.6. The zero-order valence-electron chi connectivity index (χ0n) is 16.4. The van der Waals surface area contributed by atoms with E-state index in [-0.39, 0.29) is 18.1 Å². The van der Waals surface area contributed by atoms with Gasteiger partial charge in [-0.1, -0.05) is 18.2 Å². The van der Waals surface area contributed by atoms with Gasteiger partial charge in [-0.15, -0.1) is 0 Å². The first-order valence-corrected chi connectivity index (χ1v) is 9.74. The maximum atomic E-state index is 12.9. The van der Waals surface area contributed by atoms with E-state index in [0.717, 1.165) is 5.52 Å². The highest BCUT2D eigenvalue weighted by Gasteiger charge is 2.24. The highest BCUT2D eigenvalue weighted by Crippen LogP contribution is 2.19. The Morgan fingerprint density at radius 1 is 1.10 bits per heavy atom. The number of hydrogen-bond acceptors (Lipinski definition) is 6. The molecule has 9 nitrogen and oxygen atoms in total. The Bertz CT molecular complexity index is 1340. The zero-order valence-corrected chi connectivity index (χ0v) is 16.4. The Morgan fingerprint density at radius 2 is 1.97 bits per heavy atom. The quantitative estimate of drug-likeness (QED) is 0.395. The van der Waals surface area contributed by atoms with Crippen LogP contribution in [0.5, 0.6) is 5.75 Å². The van der Waals surface area contributed by atoms with Crippen LogP contribution in [0.3, 0.4) is 0 Å². The van der Waals surface area contributed by atoms with Crippen LogP contribution in [-0.2, 0) is 13.1 Å². The van der Waals surface area contributed by atoms with Crippen LogP contribution in [0.4, 0.5) is 0 Å². The van der Waals surface area contributed by atoms with Crippen molar-refractivity contribution in [3.8, 4) is 5.75 Å². The second-order valence-electron chi connectivity index (χ2n) is 7.45. The highest BCUT2D eigenvalue weighted by molar-refractivity contribution is 5.83. The lowest BCUT2D eigenvalue weighted by molar-refractivity contribution is 0.225. The van der Waals surface area contributed by atoms with E-state index in [2.05, 4.69) is 27.0 Å². The average molecular weight is 406 g/mol. The summed E-state index contributed by atoms with van der Waals surface area (Å²) in [6.07, 6.45) is 2.01. The van der Waals surface area contributed by atoms with Gasteiger partial charge in [-0.05, 0) is 23.8 Å². The van der Waals surface area contributed by atoms with Crippen molar-refractivity contribution < 1.29 is 4.74 Å². The van der Waals surface area contributed by atoms with Gasteiger partial charge in [0.25, 0.3) is 5.56 Å². The molecule has 4 aromatic rings. The van der Waals surface area contributed by atoms with Crippen molar-refractivity contribution in [3.05, 3.63) is 75.1 Å². The fourth-order valence-corrected chi connectivity index (χ4v) is 3.96. The number of benzene rings is 2. The second kappa shape index (κ2) is 7.45. The van der Waals surface area contributed by atoms with Crippen LogP contribution in [0.1, 0.15) is 5.56 Å². The van der Waals surface area contributed by atoms with Gasteiger partial charge in [0.05, 0.1) is 24.1 Å². The van der Waals surface area contributed by atoms with Crippen molar-refractivity contribution in [2.75, 3.05) is 13.7 Å². The number of ether oxygens (including phenoxy) is 1. The van der Waals surface area contributed by atoms with Crippen molar-refractivity contribution in [2.24, 2.45) is 0 Å². The Labute approximate surface area is 171 Å². The molecule has 0 bridgehead atoms. The number of H-pyrrole nitrogens is 2. The first-order valence-electron chi connectivity index (χ1n) is 9.74. The van der Waals surface area contributed by atoms with E-state index < -0.39 is 5.69 Å². The van der Waals surface area contributed by atoms with Gasteiger partial charge >= 0.3 is 5.69 Å². The normalized spacial score (nSPS) is 17.2. The van der Waals surface area contributed by atoms with Crippen molar-refractivity contribution in [1.82, 2.24) is 30.5 Å². The average Bonchev–Trinajstić information content (AvgIpc) is 3.38. The van der Waals surface area contributed by atoms with Crippen LogP contribution >= 0.6 is 0 Å². The van der Waals surface area contributed by atoms with Gasteiger partial charge in [-0.3, -0.25) is 9.36 Å². The highest BCUT2D eigenvalue weighted by atomic mass is 16.5. The number of aromatic amines is 2. The van der Waals surface area contributed by atoms with Crippen molar-refractivity contribution >= 4 is 21.8 Å². The van der Waals surface area contributed by atoms with E-state index >= 15 is 0 Å². The predicted molar refractivity (Wildman–Crippen MR) is 114 cm³/mol. The molecule has 2 aromatic carbocycles. The minimum absolute atomic E-state index is 0.0929. The van der Waals surface area contributed by atoms with Crippen LogP contribution in [-0.4, -0.2) is 39.2 Å². The predicted octanol–water partition coefficient (Wildman–Crippen LogP) is 1.07. The number of nitrogens with one attached hydrogen (secondary N) is 4. The summed E-state index contributed by atoms with van der Waals surface area (Å²) in [5, 5.41) is 3.67. The van der Waals surface area contributed by atoms with Crippen LogP contribution in [0.25, 0.3) is 21.8 Å². The molecule has 1 atom stereocenters. The SMILES string of the molecule is COc1ccc2c(=O)n(CC3CN(Cc4c[nH]c5ccccc45)NN3)c(=O)[nH]c2c1. The van der Waals surface area contributed by atoms with E-state index in [0.29, 0.717) is 29.7 Å². The summed E-state index contributed by atoms with van der Waals surface area (Å²) >= 11 is 0. The Hall–Kier alpha value is -3.40. The number of para-hydroxylation sites is 1. The summed E-state index contributed by atoms with van der Waals surface area (Å²) < 4.78 is 6.40. The molecule has 0 saturated carbocycles. The fourth-order valence-electron chi connectivity index (χ4n) is 3.96. The topological polar surface area (TPSA) is 107 Å². The number of rotatable bonds is 5. The Balaban J connectivity index is 1.34. The van der Waals surface area contributed by atoms with Gasteiger partial charge in [-0.25, -0.2) is 15.2 Å². The van der Waals surface area contributed by atoms with Gasteiger partial charge in [-0.2, -0.15) is 5.53 Å².